The van der Waals surface area contributed by atoms with Crippen molar-refractivity contribution in [3.05, 3.63) is 59.6 Å². The van der Waals surface area contributed by atoms with Crippen LogP contribution in [0.2, 0.25) is 0 Å². The minimum Gasteiger partial charge on any atom is -0.377 e. The van der Waals surface area contributed by atoms with E-state index in [1.54, 1.807) is 7.11 Å². The van der Waals surface area contributed by atoms with Gasteiger partial charge in [0, 0.05) is 19.9 Å². The van der Waals surface area contributed by atoms with E-state index in [1.807, 2.05) is 35.7 Å². The molecule has 0 radical (unpaired) electrons. The number of fused-ring (bicyclic) bond motifs is 1. The van der Waals surface area contributed by atoms with Gasteiger partial charge < -0.3 is 10.1 Å². The fourth-order valence-electron chi connectivity index (χ4n) is 2.80. The van der Waals surface area contributed by atoms with E-state index >= 15 is 0 Å². The fraction of sp³-hybridized carbons (Fsp3) is 0.333. The van der Waals surface area contributed by atoms with Crippen LogP contribution in [0.15, 0.2) is 48.2 Å². The average Bonchev–Trinajstić information content (AvgIpc) is 2.91. The lowest BCUT2D eigenvalue weighted by atomic mass is 10.0. The normalized spacial score (nSPS) is 17.3. The van der Waals surface area contributed by atoms with Crippen molar-refractivity contribution in [3.63, 3.8) is 0 Å². The van der Waals surface area contributed by atoms with Gasteiger partial charge in [-0.25, -0.2) is 4.98 Å². The number of hydrogen-bond acceptors (Lipinski definition) is 3. The first-order valence-electron chi connectivity index (χ1n) is 7.81. The first-order valence-corrected chi connectivity index (χ1v) is 7.81. The number of rotatable bonds is 5. The van der Waals surface area contributed by atoms with Gasteiger partial charge in [-0.2, -0.15) is 0 Å². The van der Waals surface area contributed by atoms with Crippen LogP contribution in [0.25, 0.3) is 5.65 Å². The highest BCUT2D eigenvalue weighted by Crippen LogP contribution is 2.15. The summed E-state index contributed by atoms with van der Waals surface area (Å²) in [5.74, 6) is -0.0867. The van der Waals surface area contributed by atoms with Crippen molar-refractivity contribution in [1.82, 2.24) is 14.7 Å². The molecule has 5 heteroatoms. The van der Waals surface area contributed by atoms with Crippen LogP contribution < -0.4 is 5.32 Å². The molecule has 0 aromatic carbocycles. The van der Waals surface area contributed by atoms with Gasteiger partial charge in [0.2, 0.25) is 0 Å². The fourth-order valence-corrected chi connectivity index (χ4v) is 2.80. The van der Waals surface area contributed by atoms with Crippen molar-refractivity contribution >= 4 is 11.6 Å². The van der Waals surface area contributed by atoms with Gasteiger partial charge in [0.1, 0.15) is 11.3 Å². The number of methoxy groups -OCH3 is 1. The summed E-state index contributed by atoms with van der Waals surface area (Å²) in [4.78, 5) is 16.9. The first kappa shape index (κ1) is 15.5. The second-order valence-corrected chi connectivity index (χ2v) is 5.63. The highest BCUT2D eigenvalue weighted by molar-refractivity contribution is 5.94. The van der Waals surface area contributed by atoms with Crippen LogP contribution in [-0.4, -0.2) is 35.1 Å². The lowest BCUT2D eigenvalue weighted by molar-refractivity contribution is 0.0947. The van der Waals surface area contributed by atoms with Crippen LogP contribution in [0, 0.1) is 6.92 Å². The number of pyridine rings is 1. The SMILES string of the molecule is COC1C=CC(CCNC(=O)c2c(C)nc3ccccn23)=CC1. The minimum atomic E-state index is -0.0867. The summed E-state index contributed by atoms with van der Waals surface area (Å²) in [5.41, 5.74) is 3.37. The maximum Gasteiger partial charge on any atom is 0.270 e. The molecule has 120 valence electrons. The Morgan fingerprint density at radius 2 is 2.35 bits per heavy atom. The summed E-state index contributed by atoms with van der Waals surface area (Å²) in [6.07, 6.45) is 10.0. The number of carbonyl (C=O) groups is 1. The topological polar surface area (TPSA) is 55.6 Å². The highest BCUT2D eigenvalue weighted by Gasteiger charge is 2.16. The molecule has 0 spiro atoms. The summed E-state index contributed by atoms with van der Waals surface area (Å²) in [7, 11) is 1.71. The van der Waals surface area contributed by atoms with Crippen molar-refractivity contribution in [2.45, 2.75) is 25.9 Å². The van der Waals surface area contributed by atoms with Gasteiger partial charge in [-0.1, -0.05) is 29.9 Å². The Morgan fingerprint density at radius 1 is 1.48 bits per heavy atom. The van der Waals surface area contributed by atoms with E-state index < -0.39 is 0 Å². The van der Waals surface area contributed by atoms with Crippen LogP contribution in [0.4, 0.5) is 0 Å². The summed E-state index contributed by atoms with van der Waals surface area (Å²) < 4.78 is 7.10. The van der Waals surface area contributed by atoms with Gasteiger partial charge in [0.25, 0.3) is 5.91 Å². The molecule has 1 aliphatic rings. The molecule has 0 bridgehead atoms. The Kier molecular flexibility index (Phi) is 4.57. The van der Waals surface area contributed by atoms with Crippen LogP contribution in [0.3, 0.4) is 0 Å². The van der Waals surface area contributed by atoms with Crippen LogP contribution >= 0.6 is 0 Å². The molecule has 0 saturated heterocycles. The number of carbonyl (C=O) groups excluding carboxylic acids is 1. The number of allylic oxidation sites excluding steroid dienone is 1. The summed E-state index contributed by atoms with van der Waals surface area (Å²) in [6.45, 7) is 2.46. The van der Waals surface area contributed by atoms with Gasteiger partial charge in [-0.05, 0) is 31.9 Å². The third kappa shape index (κ3) is 3.35. The predicted octanol–water partition coefficient (Wildman–Crippen LogP) is 2.66. The van der Waals surface area contributed by atoms with Crippen LogP contribution in [0.1, 0.15) is 29.0 Å². The summed E-state index contributed by atoms with van der Waals surface area (Å²) >= 11 is 0. The number of imidazole rings is 1. The monoisotopic (exact) mass is 311 g/mol. The highest BCUT2D eigenvalue weighted by atomic mass is 16.5. The molecule has 1 atom stereocenters. The minimum absolute atomic E-state index is 0.0867. The maximum atomic E-state index is 12.5. The zero-order valence-corrected chi connectivity index (χ0v) is 13.5. The number of amides is 1. The van der Waals surface area contributed by atoms with Gasteiger partial charge >= 0.3 is 0 Å². The molecule has 5 nitrogen and oxygen atoms in total. The molecule has 1 amide bonds. The third-order valence-corrected chi connectivity index (χ3v) is 4.06. The number of nitrogens with zero attached hydrogens (tertiary/aromatic N) is 2. The van der Waals surface area contributed by atoms with Gasteiger partial charge in [0.15, 0.2) is 0 Å². The molecule has 23 heavy (non-hydrogen) atoms. The molecule has 2 aromatic heterocycles. The zero-order valence-electron chi connectivity index (χ0n) is 13.5. The Hall–Kier alpha value is -2.40. The smallest absolute Gasteiger partial charge is 0.270 e. The molecule has 0 saturated carbocycles. The van der Waals surface area contributed by atoms with E-state index in [1.165, 1.54) is 5.57 Å². The Balaban J connectivity index is 1.61. The number of aryl methyl sites for hydroxylation is 1. The molecule has 2 aromatic rings. The van der Waals surface area contributed by atoms with E-state index in [0.29, 0.717) is 12.2 Å². The number of aromatic nitrogens is 2. The summed E-state index contributed by atoms with van der Waals surface area (Å²) in [5, 5.41) is 2.98. The van der Waals surface area contributed by atoms with Gasteiger partial charge in [0.05, 0.1) is 11.8 Å². The quantitative estimate of drug-likeness (QED) is 0.923. The van der Waals surface area contributed by atoms with Crippen molar-refractivity contribution in [2.75, 3.05) is 13.7 Å². The Labute approximate surface area is 135 Å². The zero-order chi connectivity index (χ0) is 16.2. The Bertz CT molecular complexity index is 774. The van der Waals surface area contributed by atoms with Gasteiger partial charge in [-0.3, -0.25) is 9.20 Å². The van der Waals surface area contributed by atoms with Crippen LogP contribution in [-0.2, 0) is 4.74 Å². The van der Waals surface area contributed by atoms with Crippen LogP contribution in [0.5, 0.6) is 0 Å². The summed E-state index contributed by atoms with van der Waals surface area (Å²) in [6, 6.07) is 5.71. The molecule has 0 fully saturated rings. The number of nitrogens with one attached hydrogen (secondary N) is 1. The third-order valence-electron chi connectivity index (χ3n) is 4.06. The molecule has 2 heterocycles. The molecule has 0 aliphatic heterocycles. The molecule has 1 unspecified atom stereocenters. The van der Waals surface area contributed by atoms with Crippen molar-refractivity contribution < 1.29 is 9.53 Å². The number of ether oxygens (including phenoxy) is 1. The molecular weight excluding hydrogens is 290 g/mol. The van der Waals surface area contributed by atoms with E-state index in [2.05, 4.69) is 28.5 Å². The Morgan fingerprint density at radius 3 is 3.09 bits per heavy atom. The van der Waals surface area contributed by atoms with Gasteiger partial charge in [-0.15, -0.1) is 0 Å². The largest absolute Gasteiger partial charge is 0.377 e. The van der Waals surface area contributed by atoms with E-state index in [0.717, 1.165) is 24.2 Å². The predicted molar refractivity (Wildman–Crippen MR) is 89.5 cm³/mol. The van der Waals surface area contributed by atoms with Crippen molar-refractivity contribution in [3.8, 4) is 0 Å². The standard InChI is InChI=1S/C18H21N3O2/c1-13-17(21-12-4-3-5-16(21)20-13)18(22)19-11-10-14-6-8-15(23-2)9-7-14/h3-8,12,15H,9-11H2,1-2H3,(H,19,22). The van der Waals surface area contributed by atoms with E-state index in [-0.39, 0.29) is 12.0 Å². The lowest BCUT2D eigenvalue weighted by Gasteiger charge is -2.14. The van der Waals surface area contributed by atoms with E-state index in [9.17, 15) is 4.79 Å². The van der Waals surface area contributed by atoms with Crippen molar-refractivity contribution in [2.24, 2.45) is 0 Å². The second-order valence-electron chi connectivity index (χ2n) is 5.63. The van der Waals surface area contributed by atoms with Crippen molar-refractivity contribution in [1.29, 1.82) is 0 Å². The lowest BCUT2D eigenvalue weighted by Crippen LogP contribution is -2.26. The maximum absolute atomic E-state index is 12.5. The molecule has 1 N–H and O–H groups in total. The number of hydrogen-bond donors (Lipinski definition) is 1. The average molecular weight is 311 g/mol. The first-order chi connectivity index (χ1) is 11.2. The molecule has 3 rings (SSSR count). The van der Waals surface area contributed by atoms with E-state index in [4.69, 9.17) is 4.74 Å². The second kappa shape index (κ2) is 6.79. The molecule has 1 aliphatic carbocycles. The molecular formula is C18H21N3O2.